The van der Waals surface area contributed by atoms with Crippen LogP contribution in [0.25, 0.3) is 0 Å². The fourth-order valence-electron chi connectivity index (χ4n) is 3.18. The molecular formula is C18H29N3S. The van der Waals surface area contributed by atoms with Gasteiger partial charge in [0.05, 0.1) is 0 Å². The van der Waals surface area contributed by atoms with E-state index in [0.717, 1.165) is 25.6 Å². The fraction of sp³-hybridized carbons (Fsp3) is 0.611. The first-order valence-corrected chi connectivity index (χ1v) is 9.47. The second kappa shape index (κ2) is 8.47. The van der Waals surface area contributed by atoms with Crippen molar-refractivity contribution in [3.8, 4) is 0 Å². The third kappa shape index (κ3) is 4.42. The third-order valence-corrected chi connectivity index (χ3v) is 5.57. The molecule has 122 valence electrons. The summed E-state index contributed by atoms with van der Waals surface area (Å²) in [5.74, 6) is 2.37. The maximum Gasteiger partial charge on any atom is 0.193 e. The zero-order chi connectivity index (χ0) is 15.9. The Bertz CT molecular complexity index is 474. The van der Waals surface area contributed by atoms with E-state index in [1.807, 2.05) is 18.8 Å². The van der Waals surface area contributed by atoms with Crippen LogP contribution in [0.4, 0.5) is 0 Å². The minimum Gasteiger partial charge on any atom is -0.355 e. The molecule has 1 N–H and O–H groups in total. The number of hydrogen-bond donors (Lipinski definition) is 1. The summed E-state index contributed by atoms with van der Waals surface area (Å²) in [6, 6.07) is 10.9. The van der Waals surface area contributed by atoms with Crippen molar-refractivity contribution in [1.82, 2.24) is 10.2 Å². The Kier molecular flexibility index (Phi) is 6.62. The van der Waals surface area contributed by atoms with Gasteiger partial charge in [-0.15, -0.1) is 0 Å². The molecule has 0 amide bonds. The lowest BCUT2D eigenvalue weighted by atomic mass is 9.82. The second-order valence-corrected chi connectivity index (χ2v) is 7.48. The topological polar surface area (TPSA) is 27.6 Å². The minimum absolute atomic E-state index is 0.607. The van der Waals surface area contributed by atoms with Crippen LogP contribution in [0.5, 0.6) is 0 Å². The maximum absolute atomic E-state index is 4.47. The average molecular weight is 320 g/mol. The Labute approximate surface area is 139 Å². The predicted octanol–water partition coefficient (Wildman–Crippen LogP) is 3.44. The van der Waals surface area contributed by atoms with Gasteiger partial charge >= 0.3 is 0 Å². The van der Waals surface area contributed by atoms with Crippen LogP contribution in [-0.4, -0.2) is 49.0 Å². The van der Waals surface area contributed by atoms with Gasteiger partial charge in [0.2, 0.25) is 0 Å². The quantitative estimate of drug-likeness (QED) is 0.680. The molecular weight excluding hydrogens is 290 g/mol. The van der Waals surface area contributed by atoms with E-state index in [9.17, 15) is 0 Å². The van der Waals surface area contributed by atoms with Crippen molar-refractivity contribution < 1.29 is 0 Å². The van der Waals surface area contributed by atoms with E-state index in [2.05, 4.69) is 65.6 Å². The summed E-state index contributed by atoms with van der Waals surface area (Å²) in [5.41, 5.74) is 1.48. The molecule has 1 aliphatic rings. The number of nitrogens with one attached hydrogen (secondary N) is 1. The third-order valence-electron chi connectivity index (χ3n) is 4.59. The van der Waals surface area contributed by atoms with E-state index >= 15 is 0 Å². The highest BCUT2D eigenvalue weighted by Gasteiger charge is 2.28. The van der Waals surface area contributed by atoms with Crippen molar-refractivity contribution in [2.45, 2.75) is 31.4 Å². The Morgan fingerprint density at radius 2 is 2.14 bits per heavy atom. The van der Waals surface area contributed by atoms with Gasteiger partial charge in [0, 0.05) is 31.9 Å². The Morgan fingerprint density at radius 1 is 1.41 bits per heavy atom. The number of rotatable bonds is 4. The lowest BCUT2D eigenvalue weighted by Gasteiger charge is -2.39. The number of hydrogen-bond acceptors (Lipinski definition) is 2. The summed E-state index contributed by atoms with van der Waals surface area (Å²) in [7, 11) is 1.89. The summed E-state index contributed by atoms with van der Waals surface area (Å²) in [6.07, 6.45) is 3.35. The predicted molar refractivity (Wildman–Crippen MR) is 98.9 cm³/mol. The molecule has 1 fully saturated rings. The molecule has 0 aliphatic carbocycles. The standard InChI is InChI=1S/C18H29N3S/c1-14-13-21(18(19-3)20-12-15(2)22-4)11-10-17(14)16-8-6-5-7-9-16/h5-9,14-15,17H,10-13H2,1-4H3,(H,19,20). The largest absolute Gasteiger partial charge is 0.355 e. The molecule has 0 aromatic heterocycles. The Balaban J connectivity index is 1.94. The van der Waals surface area contributed by atoms with Crippen molar-refractivity contribution in [3.05, 3.63) is 35.9 Å². The number of benzene rings is 1. The van der Waals surface area contributed by atoms with Crippen LogP contribution in [0.15, 0.2) is 35.3 Å². The van der Waals surface area contributed by atoms with E-state index < -0.39 is 0 Å². The van der Waals surface area contributed by atoms with E-state index in [1.54, 1.807) is 0 Å². The van der Waals surface area contributed by atoms with Gasteiger partial charge < -0.3 is 10.2 Å². The van der Waals surface area contributed by atoms with Crippen molar-refractivity contribution in [2.75, 3.05) is 32.9 Å². The van der Waals surface area contributed by atoms with Crippen LogP contribution in [0.3, 0.4) is 0 Å². The lowest BCUT2D eigenvalue weighted by Crippen LogP contribution is -2.49. The molecule has 0 bridgehead atoms. The monoisotopic (exact) mass is 319 g/mol. The minimum atomic E-state index is 0.607. The SMILES string of the molecule is CN=C(NCC(C)SC)N1CCC(c2ccccc2)C(C)C1. The maximum atomic E-state index is 4.47. The van der Waals surface area contributed by atoms with Crippen LogP contribution in [0.2, 0.25) is 0 Å². The van der Waals surface area contributed by atoms with Gasteiger partial charge in [-0.2, -0.15) is 11.8 Å². The summed E-state index contributed by atoms with van der Waals surface area (Å²) in [4.78, 5) is 6.89. The normalized spacial score (nSPS) is 24.2. The molecule has 3 nitrogen and oxygen atoms in total. The first-order valence-electron chi connectivity index (χ1n) is 8.19. The number of guanidine groups is 1. The molecule has 22 heavy (non-hydrogen) atoms. The summed E-state index contributed by atoms with van der Waals surface area (Å²) in [5, 5.41) is 4.13. The zero-order valence-electron chi connectivity index (χ0n) is 14.2. The van der Waals surface area contributed by atoms with Crippen LogP contribution >= 0.6 is 11.8 Å². The van der Waals surface area contributed by atoms with Crippen molar-refractivity contribution >= 4 is 17.7 Å². The average Bonchev–Trinajstić information content (AvgIpc) is 2.56. The number of thioether (sulfide) groups is 1. The Morgan fingerprint density at radius 3 is 2.73 bits per heavy atom. The molecule has 0 radical (unpaired) electrons. The summed E-state index contributed by atoms with van der Waals surface area (Å²) >= 11 is 1.89. The van der Waals surface area contributed by atoms with Crippen molar-refractivity contribution in [1.29, 1.82) is 0 Å². The highest BCUT2D eigenvalue weighted by atomic mass is 32.2. The van der Waals surface area contributed by atoms with E-state index in [-0.39, 0.29) is 0 Å². The molecule has 2 rings (SSSR count). The van der Waals surface area contributed by atoms with Gasteiger partial charge in [-0.3, -0.25) is 4.99 Å². The number of aliphatic imine (C=N–C) groups is 1. The highest BCUT2D eigenvalue weighted by molar-refractivity contribution is 7.99. The van der Waals surface area contributed by atoms with E-state index in [0.29, 0.717) is 17.1 Å². The van der Waals surface area contributed by atoms with Crippen molar-refractivity contribution in [2.24, 2.45) is 10.9 Å². The molecule has 1 heterocycles. The van der Waals surface area contributed by atoms with Crippen LogP contribution < -0.4 is 5.32 Å². The lowest BCUT2D eigenvalue weighted by molar-refractivity contribution is 0.234. The van der Waals surface area contributed by atoms with Crippen LogP contribution in [0, 0.1) is 5.92 Å². The smallest absolute Gasteiger partial charge is 0.193 e. The molecule has 3 atom stereocenters. The van der Waals surface area contributed by atoms with E-state index in [1.165, 1.54) is 12.0 Å². The molecule has 1 saturated heterocycles. The molecule has 0 spiro atoms. The number of likely N-dealkylation sites (tertiary alicyclic amines) is 1. The molecule has 1 aromatic rings. The van der Waals surface area contributed by atoms with Gasteiger partial charge in [-0.25, -0.2) is 0 Å². The van der Waals surface area contributed by atoms with Crippen LogP contribution in [-0.2, 0) is 0 Å². The molecule has 1 aliphatic heterocycles. The van der Waals surface area contributed by atoms with E-state index in [4.69, 9.17) is 0 Å². The van der Waals surface area contributed by atoms with Gasteiger partial charge in [0.15, 0.2) is 5.96 Å². The van der Waals surface area contributed by atoms with Gasteiger partial charge in [-0.1, -0.05) is 44.2 Å². The van der Waals surface area contributed by atoms with Crippen molar-refractivity contribution in [3.63, 3.8) is 0 Å². The number of nitrogens with zero attached hydrogens (tertiary/aromatic N) is 2. The molecule has 4 heteroatoms. The molecule has 3 unspecified atom stereocenters. The second-order valence-electron chi connectivity index (χ2n) is 6.20. The molecule has 0 saturated carbocycles. The number of piperidine rings is 1. The fourth-order valence-corrected chi connectivity index (χ4v) is 3.43. The van der Waals surface area contributed by atoms with Crippen LogP contribution in [0.1, 0.15) is 31.7 Å². The highest BCUT2D eigenvalue weighted by Crippen LogP contribution is 2.32. The molecule has 1 aromatic carbocycles. The summed E-state index contributed by atoms with van der Waals surface area (Å²) in [6.45, 7) is 7.74. The summed E-state index contributed by atoms with van der Waals surface area (Å²) < 4.78 is 0. The Hall–Kier alpha value is -1.16. The van der Waals surface area contributed by atoms with Gasteiger partial charge in [0.1, 0.15) is 0 Å². The zero-order valence-corrected chi connectivity index (χ0v) is 15.1. The van der Waals surface area contributed by atoms with Gasteiger partial charge in [-0.05, 0) is 30.1 Å². The van der Waals surface area contributed by atoms with Gasteiger partial charge in [0.25, 0.3) is 0 Å². The first kappa shape index (κ1) is 17.2. The first-order chi connectivity index (χ1) is 10.7.